The number of hydrogen-bond donors (Lipinski definition) is 1. The summed E-state index contributed by atoms with van der Waals surface area (Å²) in [6.07, 6.45) is 4.19. The Morgan fingerprint density at radius 3 is 3.13 bits per heavy atom. The highest BCUT2D eigenvalue weighted by Gasteiger charge is 2.12. The van der Waals surface area contributed by atoms with Gasteiger partial charge in [0, 0.05) is 29.9 Å². The summed E-state index contributed by atoms with van der Waals surface area (Å²) >= 11 is 3.37. The number of pyridine rings is 1. The third-order valence-electron chi connectivity index (χ3n) is 2.52. The van der Waals surface area contributed by atoms with Gasteiger partial charge in [-0.15, -0.1) is 0 Å². The third kappa shape index (κ3) is 3.55. The van der Waals surface area contributed by atoms with Crippen LogP contribution in [-0.2, 0) is 11.3 Å². The lowest BCUT2D eigenvalue weighted by atomic mass is 10.1. The monoisotopic (exact) mass is 270 g/mol. The molecule has 1 aromatic heterocycles. The highest BCUT2D eigenvalue weighted by Crippen LogP contribution is 2.09. The first kappa shape index (κ1) is 11.0. The summed E-state index contributed by atoms with van der Waals surface area (Å²) in [4.78, 5) is 4.31. The maximum Gasteiger partial charge on any atom is 0.0619 e. The lowest BCUT2D eigenvalue weighted by Crippen LogP contribution is -2.36. The summed E-state index contributed by atoms with van der Waals surface area (Å²) in [6, 6.07) is 4.53. The van der Waals surface area contributed by atoms with Crippen molar-refractivity contribution in [3.05, 3.63) is 28.5 Å². The molecule has 1 saturated heterocycles. The quantitative estimate of drug-likeness (QED) is 0.914. The molecule has 0 radical (unpaired) electrons. The Labute approximate surface area is 98.4 Å². The minimum Gasteiger partial charge on any atom is -0.380 e. The largest absolute Gasteiger partial charge is 0.380 e. The molecule has 1 fully saturated rings. The van der Waals surface area contributed by atoms with Gasteiger partial charge in [-0.2, -0.15) is 0 Å². The van der Waals surface area contributed by atoms with E-state index in [4.69, 9.17) is 4.74 Å². The predicted molar refractivity (Wildman–Crippen MR) is 62.6 cm³/mol. The van der Waals surface area contributed by atoms with Crippen molar-refractivity contribution in [3.8, 4) is 0 Å². The Morgan fingerprint density at radius 1 is 1.53 bits per heavy atom. The summed E-state index contributed by atoms with van der Waals surface area (Å²) in [5, 5.41) is 3.45. The smallest absolute Gasteiger partial charge is 0.0619 e. The SMILES string of the molecule is Brc1ccc(CNC2CCCOC2)nc1. The molecule has 0 spiro atoms. The Hall–Kier alpha value is -0.450. The molecule has 2 rings (SSSR count). The average Bonchev–Trinajstić information content (AvgIpc) is 2.30. The molecule has 3 nitrogen and oxygen atoms in total. The van der Waals surface area contributed by atoms with Crippen molar-refractivity contribution >= 4 is 15.9 Å². The Bertz CT molecular complexity index is 296. The molecule has 0 bridgehead atoms. The van der Waals surface area contributed by atoms with E-state index in [0.717, 1.165) is 36.3 Å². The van der Waals surface area contributed by atoms with E-state index in [9.17, 15) is 0 Å². The van der Waals surface area contributed by atoms with Crippen molar-refractivity contribution in [1.29, 1.82) is 0 Å². The minimum atomic E-state index is 0.490. The second-order valence-electron chi connectivity index (χ2n) is 3.76. The van der Waals surface area contributed by atoms with E-state index in [0.29, 0.717) is 6.04 Å². The third-order valence-corrected chi connectivity index (χ3v) is 2.99. The van der Waals surface area contributed by atoms with Gasteiger partial charge >= 0.3 is 0 Å². The summed E-state index contributed by atoms with van der Waals surface area (Å²) < 4.78 is 6.42. The van der Waals surface area contributed by atoms with E-state index >= 15 is 0 Å². The van der Waals surface area contributed by atoms with E-state index in [2.05, 4.69) is 26.2 Å². The molecule has 0 amide bonds. The van der Waals surface area contributed by atoms with Crippen LogP contribution in [-0.4, -0.2) is 24.2 Å². The first-order chi connectivity index (χ1) is 7.34. The first-order valence-electron chi connectivity index (χ1n) is 5.26. The molecule has 1 aliphatic rings. The zero-order valence-corrected chi connectivity index (χ0v) is 10.2. The Morgan fingerprint density at radius 2 is 2.47 bits per heavy atom. The van der Waals surface area contributed by atoms with Gasteiger partial charge in [0.15, 0.2) is 0 Å². The van der Waals surface area contributed by atoms with Crippen LogP contribution in [0.25, 0.3) is 0 Å². The fourth-order valence-corrected chi connectivity index (χ4v) is 1.90. The molecule has 4 heteroatoms. The van der Waals surface area contributed by atoms with E-state index in [1.54, 1.807) is 0 Å². The van der Waals surface area contributed by atoms with Gasteiger partial charge in [0.25, 0.3) is 0 Å². The highest BCUT2D eigenvalue weighted by molar-refractivity contribution is 9.10. The molecule has 0 aliphatic carbocycles. The molecule has 15 heavy (non-hydrogen) atoms. The maximum atomic E-state index is 5.40. The zero-order valence-electron chi connectivity index (χ0n) is 8.58. The van der Waals surface area contributed by atoms with E-state index in [1.165, 1.54) is 6.42 Å². The normalized spacial score (nSPS) is 21.5. The van der Waals surface area contributed by atoms with Crippen LogP contribution in [0.2, 0.25) is 0 Å². The second-order valence-corrected chi connectivity index (χ2v) is 4.68. The molecule has 1 N–H and O–H groups in total. The Balaban J connectivity index is 1.79. The van der Waals surface area contributed by atoms with Crippen LogP contribution < -0.4 is 5.32 Å². The number of nitrogens with zero attached hydrogens (tertiary/aromatic N) is 1. The lowest BCUT2D eigenvalue weighted by molar-refractivity contribution is 0.0698. The first-order valence-corrected chi connectivity index (χ1v) is 6.05. The molecular formula is C11H15BrN2O. The predicted octanol–water partition coefficient (Wildman–Crippen LogP) is 2.11. The topological polar surface area (TPSA) is 34.1 Å². The van der Waals surface area contributed by atoms with Gasteiger partial charge in [0.05, 0.1) is 12.3 Å². The number of nitrogens with one attached hydrogen (secondary N) is 1. The van der Waals surface area contributed by atoms with Crippen LogP contribution in [0.1, 0.15) is 18.5 Å². The fourth-order valence-electron chi connectivity index (χ4n) is 1.66. The van der Waals surface area contributed by atoms with Gasteiger partial charge in [-0.1, -0.05) is 0 Å². The average molecular weight is 271 g/mol. The molecule has 0 aromatic carbocycles. The molecular weight excluding hydrogens is 256 g/mol. The van der Waals surface area contributed by atoms with E-state index in [-0.39, 0.29) is 0 Å². The number of rotatable bonds is 3. The molecule has 82 valence electrons. The standard InChI is InChI=1S/C11H15BrN2O/c12-9-3-4-10(13-6-9)7-14-11-2-1-5-15-8-11/h3-4,6,11,14H,1-2,5,7-8H2. The van der Waals surface area contributed by atoms with E-state index < -0.39 is 0 Å². The number of aromatic nitrogens is 1. The number of halogens is 1. The number of ether oxygens (including phenoxy) is 1. The van der Waals surface area contributed by atoms with Crippen LogP contribution in [0.5, 0.6) is 0 Å². The summed E-state index contributed by atoms with van der Waals surface area (Å²) in [5.41, 5.74) is 1.07. The zero-order chi connectivity index (χ0) is 10.5. The molecule has 1 aromatic rings. The van der Waals surface area contributed by atoms with Crippen molar-refractivity contribution in [2.75, 3.05) is 13.2 Å². The van der Waals surface area contributed by atoms with Crippen molar-refractivity contribution in [3.63, 3.8) is 0 Å². The highest BCUT2D eigenvalue weighted by atomic mass is 79.9. The van der Waals surface area contributed by atoms with Crippen molar-refractivity contribution in [2.45, 2.75) is 25.4 Å². The molecule has 1 unspecified atom stereocenters. The molecule has 1 atom stereocenters. The van der Waals surface area contributed by atoms with Gasteiger partial charge in [-0.3, -0.25) is 4.98 Å². The maximum absolute atomic E-state index is 5.40. The van der Waals surface area contributed by atoms with Gasteiger partial charge in [-0.25, -0.2) is 0 Å². The lowest BCUT2D eigenvalue weighted by Gasteiger charge is -2.22. The summed E-state index contributed by atoms with van der Waals surface area (Å²) in [7, 11) is 0. The van der Waals surface area contributed by atoms with Crippen molar-refractivity contribution in [2.24, 2.45) is 0 Å². The number of hydrogen-bond acceptors (Lipinski definition) is 3. The van der Waals surface area contributed by atoms with Gasteiger partial charge in [0.1, 0.15) is 0 Å². The second kappa shape index (κ2) is 5.58. The van der Waals surface area contributed by atoms with Gasteiger partial charge in [0.2, 0.25) is 0 Å². The van der Waals surface area contributed by atoms with Crippen LogP contribution in [0.15, 0.2) is 22.8 Å². The molecule has 0 saturated carbocycles. The fraction of sp³-hybridized carbons (Fsp3) is 0.545. The van der Waals surface area contributed by atoms with Gasteiger partial charge in [-0.05, 0) is 40.9 Å². The minimum absolute atomic E-state index is 0.490. The summed E-state index contributed by atoms with van der Waals surface area (Å²) in [6.45, 7) is 2.56. The van der Waals surface area contributed by atoms with Crippen LogP contribution in [0, 0.1) is 0 Å². The van der Waals surface area contributed by atoms with Crippen LogP contribution in [0.4, 0.5) is 0 Å². The summed E-state index contributed by atoms with van der Waals surface area (Å²) in [5.74, 6) is 0. The van der Waals surface area contributed by atoms with Crippen molar-refractivity contribution < 1.29 is 4.74 Å². The molecule has 1 aliphatic heterocycles. The molecule has 2 heterocycles. The van der Waals surface area contributed by atoms with Crippen molar-refractivity contribution in [1.82, 2.24) is 10.3 Å². The van der Waals surface area contributed by atoms with Gasteiger partial charge < -0.3 is 10.1 Å². The van der Waals surface area contributed by atoms with Crippen LogP contribution in [0.3, 0.4) is 0 Å². The van der Waals surface area contributed by atoms with E-state index in [1.807, 2.05) is 18.3 Å². The Kier molecular flexibility index (Phi) is 4.11. The van der Waals surface area contributed by atoms with Crippen LogP contribution >= 0.6 is 15.9 Å².